The van der Waals surface area contributed by atoms with E-state index in [-0.39, 0.29) is 18.5 Å². The maximum atomic E-state index is 12.4. The van der Waals surface area contributed by atoms with Crippen LogP contribution in [0.1, 0.15) is 34.8 Å². The number of carbonyl (C=O) groups excluding carboxylic acids is 1. The molecule has 1 aromatic rings. The fourth-order valence-electron chi connectivity index (χ4n) is 1.80. The van der Waals surface area contributed by atoms with Gasteiger partial charge in [-0.25, -0.2) is 0 Å². The van der Waals surface area contributed by atoms with Crippen LogP contribution in [0, 0.1) is 30.1 Å². The third-order valence-corrected chi connectivity index (χ3v) is 3.03. The molecule has 0 saturated heterocycles. The average Bonchev–Trinajstić information content (AvgIpc) is 2.43. The molecule has 2 N–H and O–H groups in total. The number of rotatable bonds is 3. The average molecular weight is 269 g/mol. The van der Waals surface area contributed by atoms with Crippen molar-refractivity contribution in [1.29, 1.82) is 5.26 Å². The molecular weight excluding hydrogens is 250 g/mol. The number of aryl methyl sites for hydroxylation is 1. The molecule has 1 unspecified atom stereocenters. The van der Waals surface area contributed by atoms with E-state index in [9.17, 15) is 4.79 Å². The normalized spacial score (nSPS) is 10.9. The van der Waals surface area contributed by atoms with Crippen molar-refractivity contribution in [2.45, 2.75) is 26.3 Å². The minimum absolute atomic E-state index is 0.104. The molecule has 4 nitrogen and oxygen atoms in total. The Kier molecular flexibility index (Phi) is 5.77. The topological polar surface area (TPSA) is 70.1 Å². The molecule has 4 heteroatoms. The van der Waals surface area contributed by atoms with Crippen LogP contribution in [0.2, 0.25) is 0 Å². The predicted octanol–water partition coefficient (Wildman–Crippen LogP) is 1.68. The van der Waals surface area contributed by atoms with E-state index >= 15 is 0 Å². The van der Waals surface area contributed by atoms with Crippen LogP contribution >= 0.6 is 0 Å². The maximum absolute atomic E-state index is 12.4. The Hall–Kier alpha value is -2.30. The summed E-state index contributed by atoms with van der Waals surface area (Å²) in [6.07, 6.45) is 0.313. The number of nitriles is 1. The fourth-order valence-corrected chi connectivity index (χ4v) is 1.80. The first-order chi connectivity index (χ1) is 9.49. The van der Waals surface area contributed by atoms with Crippen molar-refractivity contribution >= 4 is 5.91 Å². The zero-order chi connectivity index (χ0) is 15.1. The third-order valence-electron chi connectivity index (χ3n) is 3.03. The highest BCUT2D eigenvalue weighted by molar-refractivity contribution is 5.94. The molecule has 1 atom stereocenters. The number of carbonyl (C=O) groups is 1. The molecule has 0 spiro atoms. The lowest BCUT2D eigenvalue weighted by atomic mass is 10.0. The Labute approximate surface area is 120 Å². The van der Waals surface area contributed by atoms with Gasteiger partial charge >= 0.3 is 0 Å². The lowest BCUT2D eigenvalue weighted by Crippen LogP contribution is -2.34. The molecule has 1 amide bonds. The van der Waals surface area contributed by atoms with Gasteiger partial charge < -0.3 is 10.6 Å². The van der Waals surface area contributed by atoms with Gasteiger partial charge in [0.1, 0.15) is 0 Å². The molecule has 0 aromatic heterocycles. The van der Waals surface area contributed by atoms with Crippen molar-refractivity contribution in [3.05, 3.63) is 34.9 Å². The summed E-state index contributed by atoms with van der Waals surface area (Å²) in [6.45, 7) is 4.06. The van der Waals surface area contributed by atoms with Crippen LogP contribution in [0.3, 0.4) is 0 Å². The Morgan fingerprint density at radius 3 is 2.75 bits per heavy atom. The number of benzene rings is 1. The second-order valence-electron chi connectivity index (χ2n) is 4.72. The predicted molar refractivity (Wildman–Crippen MR) is 78.9 cm³/mol. The molecule has 0 aliphatic rings. The molecule has 1 aromatic carbocycles. The second-order valence-corrected chi connectivity index (χ2v) is 4.72. The highest BCUT2D eigenvalue weighted by Gasteiger charge is 2.17. The van der Waals surface area contributed by atoms with Gasteiger partial charge in [-0.05, 0) is 37.6 Å². The third kappa shape index (κ3) is 4.12. The van der Waals surface area contributed by atoms with Crippen molar-refractivity contribution < 1.29 is 4.79 Å². The smallest absolute Gasteiger partial charge is 0.253 e. The van der Waals surface area contributed by atoms with Gasteiger partial charge in [-0.1, -0.05) is 11.8 Å². The molecule has 0 radical (unpaired) electrons. The lowest BCUT2D eigenvalue weighted by Gasteiger charge is -2.23. The summed E-state index contributed by atoms with van der Waals surface area (Å²) >= 11 is 0. The zero-order valence-electron chi connectivity index (χ0n) is 12.1. The Morgan fingerprint density at radius 1 is 1.45 bits per heavy atom. The molecule has 1 rings (SSSR count). The standard InChI is InChI=1S/C16H19N3O/c1-12-9-14(5-4-7-17)11-15(10-12)16(20)19(3)13(2)6-8-18/h9-11,13H,6-7,17H2,1-3H3. The number of amides is 1. The van der Waals surface area contributed by atoms with Crippen molar-refractivity contribution in [1.82, 2.24) is 4.90 Å². The first kappa shape index (κ1) is 15.8. The number of hydrogen-bond acceptors (Lipinski definition) is 3. The first-order valence-electron chi connectivity index (χ1n) is 6.44. The van der Waals surface area contributed by atoms with Crippen LogP contribution in [-0.4, -0.2) is 30.4 Å². The van der Waals surface area contributed by atoms with Gasteiger partial charge in [0.05, 0.1) is 19.0 Å². The number of hydrogen-bond donors (Lipinski definition) is 1. The van der Waals surface area contributed by atoms with Crippen molar-refractivity contribution in [3.8, 4) is 17.9 Å². The minimum atomic E-state index is -0.119. The summed E-state index contributed by atoms with van der Waals surface area (Å²) in [5.41, 5.74) is 7.68. The maximum Gasteiger partial charge on any atom is 0.253 e. The monoisotopic (exact) mass is 269 g/mol. The first-order valence-corrected chi connectivity index (χ1v) is 6.44. The summed E-state index contributed by atoms with van der Waals surface area (Å²) in [5.74, 6) is 5.61. The van der Waals surface area contributed by atoms with E-state index in [1.54, 1.807) is 18.0 Å². The Morgan fingerprint density at radius 2 is 2.15 bits per heavy atom. The van der Waals surface area contributed by atoms with Crippen molar-refractivity contribution in [2.75, 3.05) is 13.6 Å². The molecule has 104 valence electrons. The molecule has 20 heavy (non-hydrogen) atoms. The Balaban J connectivity index is 3.04. The van der Waals surface area contributed by atoms with Crippen LogP contribution < -0.4 is 5.73 Å². The van der Waals surface area contributed by atoms with E-state index in [1.807, 2.05) is 26.0 Å². The van der Waals surface area contributed by atoms with E-state index in [0.29, 0.717) is 12.0 Å². The van der Waals surface area contributed by atoms with Crippen LogP contribution in [-0.2, 0) is 0 Å². The van der Waals surface area contributed by atoms with Crippen molar-refractivity contribution in [2.24, 2.45) is 5.73 Å². The van der Waals surface area contributed by atoms with Crippen LogP contribution in [0.25, 0.3) is 0 Å². The van der Waals surface area contributed by atoms with Gasteiger partial charge in [0.25, 0.3) is 5.91 Å². The summed E-state index contributed by atoms with van der Waals surface area (Å²) in [6, 6.07) is 7.45. The molecule has 0 heterocycles. The van der Waals surface area contributed by atoms with Crippen LogP contribution in [0.5, 0.6) is 0 Å². The molecule has 0 fully saturated rings. The summed E-state index contributed by atoms with van der Waals surface area (Å²) < 4.78 is 0. The van der Waals surface area contributed by atoms with Gasteiger partial charge in [-0.2, -0.15) is 5.26 Å². The Bertz CT molecular complexity index is 590. The second kappa shape index (κ2) is 7.33. The largest absolute Gasteiger partial charge is 0.338 e. The summed E-state index contributed by atoms with van der Waals surface area (Å²) in [7, 11) is 1.71. The number of nitrogens with zero attached hydrogens (tertiary/aromatic N) is 2. The summed E-state index contributed by atoms with van der Waals surface area (Å²) in [4.78, 5) is 14.0. The van der Waals surface area contributed by atoms with Crippen molar-refractivity contribution in [3.63, 3.8) is 0 Å². The molecular formula is C16H19N3O. The SMILES string of the molecule is Cc1cc(C#CCN)cc(C(=O)N(C)C(C)CC#N)c1. The van der Waals surface area contributed by atoms with Crippen LogP contribution in [0.15, 0.2) is 18.2 Å². The lowest BCUT2D eigenvalue weighted by molar-refractivity contribution is 0.0746. The van der Waals surface area contributed by atoms with Crippen LogP contribution in [0.4, 0.5) is 0 Å². The van der Waals surface area contributed by atoms with E-state index < -0.39 is 0 Å². The molecule has 0 aliphatic carbocycles. The van der Waals surface area contributed by atoms with E-state index in [2.05, 4.69) is 17.9 Å². The van der Waals surface area contributed by atoms with E-state index in [0.717, 1.165) is 11.1 Å². The molecule has 0 aliphatic heterocycles. The highest BCUT2D eigenvalue weighted by atomic mass is 16.2. The van der Waals surface area contributed by atoms with Gasteiger partial charge in [0.15, 0.2) is 0 Å². The molecule has 0 bridgehead atoms. The van der Waals surface area contributed by atoms with Gasteiger partial charge in [0, 0.05) is 24.2 Å². The zero-order valence-corrected chi connectivity index (χ0v) is 12.1. The van der Waals surface area contributed by atoms with E-state index in [1.165, 1.54) is 0 Å². The number of nitrogens with two attached hydrogens (primary N) is 1. The quantitative estimate of drug-likeness (QED) is 0.849. The van der Waals surface area contributed by atoms with Gasteiger partial charge in [0.2, 0.25) is 0 Å². The summed E-state index contributed by atoms with van der Waals surface area (Å²) in [5, 5.41) is 8.71. The fraction of sp³-hybridized carbons (Fsp3) is 0.375. The minimum Gasteiger partial charge on any atom is -0.338 e. The van der Waals surface area contributed by atoms with Gasteiger partial charge in [-0.15, -0.1) is 0 Å². The molecule has 0 saturated carbocycles. The van der Waals surface area contributed by atoms with E-state index in [4.69, 9.17) is 11.0 Å². The highest BCUT2D eigenvalue weighted by Crippen LogP contribution is 2.13. The van der Waals surface area contributed by atoms with Gasteiger partial charge in [-0.3, -0.25) is 4.79 Å².